The Balaban J connectivity index is 1.54. The average Bonchev–Trinajstić information content (AvgIpc) is 3.16. The van der Waals surface area contributed by atoms with Crippen molar-refractivity contribution in [3.05, 3.63) is 45.9 Å². The van der Waals surface area contributed by atoms with E-state index in [1.54, 1.807) is 18.4 Å². The summed E-state index contributed by atoms with van der Waals surface area (Å²) in [6.07, 6.45) is 1.20. The number of hydrogen-bond acceptors (Lipinski definition) is 5. The van der Waals surface area contributed by atoms with Crippen molar-refractivity contribution >= 4 is 11.3 Å². The van der Waals surface area contributed by atoms with Crippen LogP contribution < -0.4 is 5.32 Å². The van der Waals surface area contributed by atoms with Gasteiger partial charge in [0.2, 0.25) is 0 Å². The zero-order valence-electron chi connectivity index (χ0n) is 11.6. The Morgan fingerprint density at radius 1 is 1.25 bits per heavy atom. The molecule has 0 bridgehead atoms. The predicted molar refractivity (Wildman–Crippen MR) is 80.0 cm³/mol. The second-order valence-corrected chi connectivity index (χ2v) is 6.16. The van der Waals surface area contributed by atoms with E-state index in [1.165, 1.54) is 17.0 Å². The highest BCUT2D eigenvalue weighted by Gasteiger charge is 2.41. The third-order valence-electron chi connectivity index (χ3n) is 3.58. The minimum absolute atomic E-state index is 0.572. The molecule has 0 amide bonds. The Hall–Kier alpha value is -1.30. The SMILES string of the molecule is COCCNCc1nnc(C2CC2c2ccccc2)s1. The molecule has 0 saturated heterocycles. The highest BCUT2D eigenvalue weighted by molar-refractivity contribution is 7.11. The second-order valence-electron chi connectivity index (χ2n) is 5.06. The van der Waals surface area contributed by atoms with Crippen molar-refractivity contribution < 1.29 is 4.74 Å². The lowest BCUT2D eigenvalue weighted by Gasteiger charge is -1.99. The number of benzene rings is 1. The first-order chi connectivity index (χ1) is 9.88. The first kappa shape index (κ1) is 13.7. The Morgan fingerprint density at radius 2 is 2.10 bits per heavy atom. The van der Waals surface area contributed by atoms with E-state index in [-0.39, 0.29) is 0 Å². The van der Waals surface area contributed by atoms with Gasteiger partial charge in [-0.2, -0.15) is 0 Å². The van der Waals surface area contributed by atoms with Crippen LogP contribution >= 0.6 is 11.3 Å². The minimum atomic E-state index is 0.572. The summed E-state index contributed by atoms with van der Waals surface area (Å²) < 4.78 is 5.00. The number of nitrogens with zero attached hydrogens (tertiary/aromatic N) is 2. The topological polar surface area (TPSA) is 47.0 Å². The van der Waals surface area contributed by atoms with E-state index in [2.05, 4.69) is 45.8 Å². The van der Waals surface area contributed by atoms with Crippen LogP contribution in [-0.2, 0) is 11.3 Å². The van der Waals surface area contributed by atoms with Crippen molar-refractivity contribution in [2.75, 3.05) is 20.3 Å². The molecular formula is C15H19N3OS. The smallest absolute Gasteiger partial charge is 0.131 e. The Kier molecular flexibility index (Phi) is 4.40. The maximum atomic E-state index is 5.00. The van der Waals surface area contributed by atoms with E-state index in [1.807, 2.05) is 0 Å². The molecule has 5 heteroatoms. The zero-order chi connectivity index (χ0) is 13.8. The summed E-state index contributed by atoms with van der Waals surface area (Å²) >= 11 is 1.73. The highest BCUT2D eigenvalue weighted by atomic mass is 32.1. The van der Waals surface area contributed by atoms with Gasteiger partial charge in [0.15, 0.2) is 0 Å². The van der Waals surface area contributed by atoms with Crippen molar-refractivity contribution in [3.63, 3.8) is 0 Å². The van der Waals surface area contributed by atoms with Crippen molar-refractivity contribution in [1.29, 1.82) is 0 Å². The molecule has 1 saturated carbocycles. The maximum Gasteiger partial charge on any atom is 0.131 e. The quantitative estimate of drug-likeness (QED) is 0.796. The van der Waals surface area contributed by atoms with Gasteiger partial charge in [-0.25, -0.2) is 0 Å². The Morgan fingerprint density at radius 3 is 2.90 bits per heavy atom. The van der Waals surface area contributed by atoms with Gasteiger partial charge in [-0.15, -0.1) is 10.2 Å². The van der Waals surface area contributed by atoms with Crippen LogP contribution in [0.15, 0.2) is 30.3 Å². The summed E-state index contributed by atoms with van der Waals surface area (Å²) in [5.41, 5.74) is 1.42. The lowest BCUT2D eigenvalue weighted by Crippen LogP contribution is -2.18. The molecule has 2 atom stereocenters. The number of rotatable bonds is 7. The summed E-state index contributed by atoms with van der Waals surface area (Å²) in [6, 6.07) is 10.7. The monoisotopic (exact) mass is 289 g/mol. The second kappa shape index (κ2) is 6.43. The molecule has 2 unspecified atom stereocenters. The molecule has 0 spiro atoms. The average molecular weight is 289 g/mol. The van der Waals surface area contributed by atoms with Gasteiger partial charge in [-0.3, -0.25) is 0 Å². The number of aromatic nitrogens is 2. The van der Waals surface area contributed by atoms with Crippen LogP contribution in [0.3, 0.4) is 0 Å². The third kappa shape index (κ3) is 3.23. The molecule has 1 aliphatic carbocycles. The maximum absolute atomic E-state index is 5.00. The summed E-state index contributed by atoms with van der Waals surface area (Å²) in [7, 11) is 1.71. The molecule has 1 aromatic heterocycles. The summed E-state index contributed by atoms with van der Waals surface area (Å²) in [4.78, 5) is 0. The first-order valence-corrected chi connectivity index (χ1v) is 7.77. The lowest BCUT2D eigenvalue weighted by molar-refractivity contribution is 0.199. The fraction of sp³-hybridized carbons (Fsp3) is 0.467. The van der Waals surface area contributed by atoms with Crippen molar-refractivity contribution in [2.24, 2.45) is 0 Å². The Bertz CT molecular complexity index is 543. The minimum Gasteiger partial charge on any atom is -0.383 e. The molecule has 3 rings (SSSR count). The van der Waals surface area contributed by atoms with Crippen LogP contribution in [-0.4, -0.2) is 30.5 Å². The van der Waals surface area contributed by atoms with E-state index >= 15 is 0 Å². The molecule has 1 aliphatic rings. The van der Waals surface area contributed by atoms with Crippen molar-refractivity contribution in [3.8, 4) is 0 Å². The third-order valence-corrected chi connectivity index (χ3v) is 4.63. The number of hydrogen-bond donors (Lipinski definition) is 1. The van der Waals surface area contributed by atoms with Gasteiger partial charge in [-0.1, -0.05) is 41.7 Å². The van der Waals surface area contributed by atoms with Crippen LogP contribution in [0.1, 0.15) is 33.8 Å². The van der Waals surface area contributed by atoms with Crippen LogP contribution in [0.2, 0.25) is 0 Å². The Labute approximate surface area is 123 Å². The fourth-order valence-electron chi connectivity index (χ4n) is 2.39. The lowest BCUT2D eigenvalue weighted by atomic mass is 10.1. The van der Waals surface area contributed by atoms with E-state index < -0.39 is 0 Å². The van der Waals surface area contributed by atoms with E-state index in [0.29, 0.717) is 11.8 Å². The summed E-state index contributed by atoms with van der Waals surface area (Å²) in [5.74, 6) is 1.21. The predicted octanol–water partition coefficient (Wildman–Crippen LogP) is 2.55. The van der Waals surface area contributed by atoms with Crippen LogP contribution in [0.25, 0.3) is 0 Å². The molecular weight excluding hydrogens is 270 g/mol. The van der Waals surface area contributed by atoms with Gasteiger partial charge < -0.3 is 10.1 Å². The molecule has 1 aromatic carbocycles. The standard InChI is InChI=1S/C15H19N3OS/c1-19-8-7-16-10-14-17-18-15(20-14)13-9-12(13)11-5-3-2-4-6-11/h2-6,12-13,16H,7-10H2,1H3. The van der Waals surface area contributed by atoms with Gasteiger partial charge in [0.25, 0.3) is 0 Å². The summed E-state index contributed by atoms with van der Waals surface area (Å²) in [5, 5.41) is 14.2. The van der Waals surface area contributed by atoms with Gasteiger partial charge >= 0.3 is 0 Å². The molecule has 20 heavy (non-hydrogen) atoms. The largest absolute Gasteiger partial charge is 0.383 e. The van der Waals surface area contributed by atoms with Crippen LogP contribution in [0.4, 0.5) is 0 Å². The van der Waals surface area contributed by atoms with E-state index in [0.717, 1.165) is 24.7 Å². The van der Waals surface area contributed by atoms with Gasteiger partial charge in [-0.05, 0) is 17.9 Å². The van der Waals surface area contributed by atoms with Crippen molar-refractivity contribution in [2.45, 2.75) is 24.8 Å². The molecule has 2 aromatic rings. The first-order valence-electron chi connectivity index (χ1n) is 6.95. The number of methoxy groups -OCH3 is 1. The summed E-state index contributed by atoms with van der Waals surface area (Å²) in [6.45, 7) is 2.36. The molecule has 106 valence electrons. The van der Waals surface area contributed by atoms with Gasteiger partial charge in [0.05, 0.1) is 6.61 Å². The van der Waals surface area contributed by atoms with Crippen molar-refractivity contribution in [1.82, 2.24) is 15.5 Å². The number of ether oxygens (including phenoxy) is 1. The molecule has 4 nitrogen and oxygen atoms in total. The van der Waals surface area contributed by atoms with E-state index in [4.69, 9.17) is 4.74 Å². The molecule has 1 heterocycles. The molecule has 0 radical (unpaired) electrons. The van der Waals surface area contributed by atoms with Crippen LogP contribution in [0, 0.1) is 0 Å². The molecule has 0 aliphatic heterocycles. The molecule has 1 N–H and O–H groups in total. The zero-order valence-corrected chi connectivity index (χ0v) is 12.4. The van der Waals surface area contributed by atoms with Gasteiger partial charge in [0, 0.05) is 26.1 Å². The normalized spacial score (nSPS) is 21.1. The number of nitrogens with one attached hydrogen (secondary N) is 1. The van der Waals surface area contributed by atoms with Crippen LogP contribution in [0.5, 0.6) is 0 Å². The highest BCUT2D eigenvalue weighted by Crippen LogP contribution is 2.55. The molecule has 1 fully saturated rings. The van der Waals surface area contributed by atoms with Gasteiger partial charge in [0.1, 0.15) is 10.0 Å². The van der Waals surface area contributed by atoms with E-state index in [9.17, 15) is 0 Å². The fourth-order valence-corrected chi connectivity index (χ4v) is 3.38.